The van der Waals surface area contributed by atoms with Crippen molar-refractivity contribution in [2.45, 2.75) is 117 Å². The first-order valence-electron chi connectivity index (χ1n) is 34.1. The molecule has 2 aliphatic rings. The summed E-state index contributed by atoms with van der Waals surface area (Å²) in [5, 5.41) is 1.98. The van der Waals surface area contributed by atoms with E-state index < -0.39 is 49.3 Å². The number of ether oxygens (including phenoxy) is 1. The van der Waals surface area contributed by atoms with Crippen LogP contribution in [0.3, 0.4) is 0 Å². The zero-order chi connectivity index (χ0) is 66.8. The number of para-hydroxylation sites is 1. The largest absolute Gasteiger partial charge is 0.510 e. The van der Waals surface area contributed by atoms with Crippen molar-refractivity contribution in [3.63, 3.8) is 0 Å². The third-order valence-corrected chi connectivity index (χ3v) is 17.5. The Balaban J connectivity index is 0.00000818. The first-order chi connectivity index (χ1) is 44.2. The van der Waals surface area contributed by atoms with Crippen molar-refractivity contribution in [1.29, 1.82) is 0 Å². The molecule has 0 N–H and O–H groups in total. The number of hydrogen-bond acceptors (Lipinski definition) is 2. The van der Waals surface area contributed by atoms with E-state index in [9.17, 15) is 11.0 Å². The Morgan fingerprint density at radius 1 is 0.571 bits per heavy atom. The van der Waals surface area contributed by atoms with Crippen LogP contribution in [0.2, 0.25) is 0 Å². The summed E-state index contributed by atoms with van der Waals surface area (Å²) in [5.74, 6) is 1.45. The molecule has 0 atom stereocenters. The Kier molecular flexibility index (Phi) is 10.4. The summed E-state index contributed by atoms with van der Waals surface area (Å²) in [6.45, 7) is 16.3. The minimum Gasteiger partial charge on any atom is -0.510 e. The molecule has 0 unspecified atom stereocenters. The Morgan fingerprint density at radius 3 is 1.92 bits per heavy atom. The number of aromatic nitrogens is 4. The van der Waals surface area contributed by atoms with E-state index in [1.807, 2.05) is 83.6 Å². The third-order valence-electron chi connectivity index (χ3n) is 17.5. The van der Waals surface area contributed by atoms with Crippen LogP contribution in [0.5, 0.6) is 11.5 Å². The molecule has 0 spiro atoms. The molecular weight excluding hydrogens is 1200 g/mol. The first kappa shape index (κ1) is 43.5. The van der Waals surface area contributed by atoms with Crippen molar-refractivity contribution >= 4 is 32.8 Å². The fraction of sp³-hybridized carbons (Fsp3) is 0.231. The van der Waals surface area contributed by atoms with Gasteiger partial charge in [0.15, 0.2) is 0 Å². The fourth-order valence-electron chi connectivity index (χ4n) is 12.8. The van der Waals surface area contributed by atoms with Gasteiger partial charge in [-0.3, -0.25) is 4.57 Å². The second kappa shape index (κ2) is 20.0. The molecule has 9 aromatic carbocycles. The first-order valence-corrected chi connectivity index (χ1v) is 28.6. The van der Waals surface area contributed by atoms with Gasteiger partial charge in [0.2, 0.25) is 0 Å². The Hall–Kier alpha value is -8.11. The van der Waals surface area contributed by atoms with Gasteiger partial charge in [-0.25, -0.2) is 4.98 Å². The van der Waals surface area contributed by atoms with E-state index in [0.717, 1.165) is 79.4 Å². The van der Waals surface area contributed by atoms with Gasteiger partial charge in [0.1, 0.15) is 5.82 Å². The Morgan fingerprint density at radius 2 is 1.21 bits per heavy atom. The average molecular weight is 1290 g/mol. The van der Waals surface area contributed by atoms with Gasteiger partial charge in [-0.1, -0.05) is 190 Å². The molecule has 0 radical (unpaired) electrons. The number of benzene rings is 9. The molecule has 4 heterocycles. The zero-order valence-corrected chi connectivity index (χ0v) is 51.1. The second-order valence-electron chi connectivity index (χ2n) is 25.9. The van der Waals surface area contributed by atoms with E-state index in [-0.39, 0.29) is 59.6 Å². The number of fused-ring (bicyclic) bond motifs is 11. The molecule has 420 valence electrons. The van der Waals surface area contributed by atoms with Gasteiger partial charge in [0, 0.05) is 52.5 Å². The smallest absolute Gasteiger partial charge is 0.268 e. The molecule has 1 aliphatic carbocycles. The van der Waals surface area contributed by atoms with Crippen LogP contribution in [0.1, 0.15) is 131 Å². The SMILES string of the molecule is [2H]c1c([2H])c([2H])c(-c2cc3c4c(c2)n(-c2[c-]c(Oc5[c-]c6c(cc5)c5ccccc5n6-c5cc(C(C)(C)C)ccn5)ccc2)[c-][n+]4-c2c(cc(C(C)(C)C)cc2-c2c(C([2H])([2H])[2H])cccc2C([2H])([2H])[2H])-c2cc4c(cc2-c2ccccc2-3)C(C)(C)CCC4(C)C)c([2H])c1[2H].[Pt]. The molecule has 3 aromatic heterocycles. The normalized spacial score (nSPS) is 16.4. The third kappa shape index (κ3) is 9.08. The number of aryl methyl sites for hydroxylation is 2. The molecule has 1 aliphatic heterocycles. The molecule has 0 saturated carbocycles. The molecule has 6 heteroatoms. The summed E-state index contributed by atoms with van der Waals surface area (Å²) < 4.78 is 113. The number of hydrogen-bond donors (Lipinski definition) is 0. The standard InChI is InChI=1S/C78H70N4O.Pt/c1-48-22-20-23-49(2)72(48)65-41-53(76(6,7)8)40-64-62-46-67-66(77(9,10)35-36-78(67,11)12)45-61(62)57-28-16-17-29-58(57)63-38-51(50-24-14-13-15-25-50)39-70-74(63)81(73(64)65)47-80(70)54-26-21-27-55(43-54)83-56-32-33-60-59-30-18-19-31-68(59)82(69(60)44-56)71-42-52(34-37-79-71)75(3,4)5;/h13-34,37-42,45-46H,35-36H2,1-12H3;/q-2;/i1D3,2D3,13D,14D,15D,24D,25D;. The quantitative estimate of drug-likeness (QED) is 0.123. The summed E-state index contributed by atoms with van der Waals surface area (Å²) in [4.78, 5) is 4.89. The minimum atomic E-state index is -2.79. The van der Waals surface area contributed by atoms with Gasteiger partial charge in [0.25, 0.3) is 6.33 Å². The van der Waals surface area contributed by atoms with Crippen LogP contribution in [0.15, 0.2) is 182 Å². The van der Waals surface area contributed by atoms with E-state index in [1.54, 1.807) is 16.7 Å². The van der Waals surface area contributed by atoms with Crippen LogP contribution in [0.25, 0.3) is 106 Å². The van der Waals surface area contributed by atoms with Gasteiger partial charge < -0.3 is 13.9 Å². The summed E-state index contributed by atoms with van der Waals surface area (Å²) in [6, 6.07) is 51.6. The monoisotopic (exact) mass is 1280 g/mol. The number of imidazole rings is 1. The van der Waals surface area contributed by atoms with Crippen molar-refractivity contribution < 1.29 is 45.4 Å². The van der Waals surface area contributed by atoms with Crippen molar-refractivity contribution in [2.75, 3.05) is 0 Å². The van der Waals surface area contributed by atoms with Crippen LogP contribution < -0.4 is 9.30 Å². The molecule has 0 saturated heterocycles. The zero-order valence-electron chi connectivity index (χ0n) is 59.9. The van der Waals surface area contributed by atoms with E-state index in [4.69, 9.17) is 13.8 Å². The van der Waals surface area contributed by atoms with Crippen molar-refractivity contribution in [3.05, 3.63) is 234 Å². The van der Waals surface area contributed by atoms with E-state index in [2.05, 4.69) is 135 Å². The maximum Gasteiger partial charge on any atom is 0.268 e. The van der Waals surface area contributed by atoms with Crippen LogP contribution in [-0.2, 0) is 42.7 Å². The van der Waals surface area contributed by atoms with Gasteiger partial charge in [-0.2, -0.15) is 18.2 Å². The number of nitrogens with zero attached hydrogens (tertiary/aromatic N) is 4. The number of rotatable bonds is 6. The van der Waals surface area contributed by atoms with Crippen LogP contribution in [0, 0.1) is 32.2 Å². The molecule has 14 rings (SSSR count). The van der Waals surface area contributed by atoms with Crippen molar-refractivity contribution in [3.8, 4) is 84.3 Å². The topological polar surface area (TPSA) is 35.9 Å². The van der Waals surface area contributed by atoms with E-state index >= 15 is 0 Å². The Labute approximate surface area is 525 Å². The van der Waals surface area contributed by atoms with Gasteiger partial charge >= 0.3 is 0 Å². The van der Waals surface area contributed by atoms with Crippen LogP contribution in [0.4, 0.5) is 0 Å². The molecule has 5 nitrogen and oxygen atoms in total. The molecule has 84 heavy (non-hydrogen) atoms. The maximum atomic E-state index is 9.49. The molecule has 0 amide bonds. The van der Waals surface area contributed by atoms with Crippen LogP contribution >= 0.6 is 0 Å². The van der Waals surface area contributed by atoms with E-state index in [0.29, 0.717) is 56.2 Å². The predicted molar refractivity (Wildman–Crippen MR) is 343 cm³/mol. The Bertz CT molecular complexity index is 5130. The molecule has 12 aromatic rings. The molecule has 0 bridgehead atoms. The summed E-state index contributed by atoms with van der Waals surface area (Å²) >= 11 is 0. The van der Waals surface area contributed by atoms with Gasteiger partial charge in [-0.15, -0.1) is 29.7 Å². The van der Waals surface area contributed by atoms with Crippen molar-refractivity contribution in [1.82, 2.24) is 14.1 Å². The van der Waals surface area contributed by atoms with Gasteiger partial charge in [-0.05, 0) is 179 Å². The van der Waals surface area contributed by atoms with Crippen LogP contribution in [-0.4, -0.2) is 14.1 Å². The number of pyridine rings is 1. The summed E-state index contributed by atoms with van der Waals surface area (Å²) in [7, 11) is 0. The molecular formula is C78H70N4OPt-2. The average Bonchev–Trinajstić information content (AvgIpc) is 1.64. The minimum absolute atomic E-state index is 0. The second-order valence-corrected chi connectivity index (χ2v) is 25.9. The van der Waals surface area contributed by atoms with Gasteiger partial charge in [0.05, 0.1) is 23.6 Å². The maximum absolute atomic E-state index is 9.49. The molecule has 0 fully saturated rings. The van der Waals surface area contributed by atoms with E-state index in [1.165, 1.54) is 23.8 Å². The summed E-state index contributed by atoms with van der Waals surface area (Å²) in [6.07, 6.45) is 7.48. The van der Waals surface area contributed by atoms with Crippen molar-refractivity contribution in [2.24, 2.45) is 0 Å². The summed E-state index contributed by atoms with van der Waals surface area (Å²) in [5.41, 5.74) is 11.6. The predicted octanol–water partition coefficient (Wildman–Crippen LogP) is 19.8. The fourth-order valence-corrected chi connectivity index (χ4v) is 12.8.